The van der Waals surface area contributed by atoms with Crippen LogP contribution in [-0.4, -0.2) is 31.0 Å². The number of hydrogen-bond acceptors (Lipinski definition) is 3. The lowest BCUT2D eigenvalue weighted by Crippen LogP contribution is -2.65. The molecular weight excluding hydrogens is 627 g/mol. The predicted octanol–water partition coefficient (Wildman–Crippen LogP) is 5.99. The van der Waals surface area contributed by atoms with Gasteiger partial charge in [0.2, 0.25) is 11.8 Å². The highest BCUT2D eigenvalue weighted by molar-refractivity contribution is 14.1. The number of halogens is 1. The molecule has 216 valence electrons. The molecule has 0 bridgehead atoms. The monoisotopic (exact) mass is 672 g/mol. The Morgan fingerprint density at radius 1 is 0.925 bits per heavy atom. The highest BCUT2D eigenvalue weighted by atomic mass is 127. The Morgan fingerprint density at radius 3 is 1.93 bits per heavy atom. The van der Waals surface area contributed by atoms with E-state index in [1.807, 2.05) is 92.8 Å². The van der Waals surface area contributed by atoms with Crippen LogP contribution in [0.15, 0.2) is 95.3 Å². The van der Waals surface area contributed by atoms with Crippen molar-refractivity contribution in [2.45, 2.75) is 71.9 Å². The Balaban J connectivity index is 2.24. The first kappa shape index (κ1) is 33.7. The molecule has 0 unspecified atom stereocenters. The molecule has 0 heterocycles. The van der Waals surface area contributed by atoms with Crippen molar-refractivity contribution in [2.75, 3.05) is 0 Å². The first-order chi connectivity index (χ1) is 18.9. The maximum absolute atomic E-state index is 13.0. The molecule has 0 saturated carbocycles. The average molecular weight is 673 g/mol. The van der Waals surface area contributed by atoms with Gasteiger partial charge in [-0.15, -0.1) is 0 Å². The summed E-state index contributed by atoms with van der Waals surface area (Å²) in [6.45, 7) is 12.2. The summed E-state index contributed by atoms with van der Waals surface area (Å²) in [5.74, 6) is -0.285. The van der Waals surface area contributed by atoms with Crippen molar-refractivity contribution >= 4 is 53.1 Å². The molecule has 0 radical (unpaired) electrons. The van der Waals surface area contributed by atoms with Crippen molar-refractivity contribution in [2.24, 2.45) is 11.3 Å². The van der Waals surface area contributed by atoms with Gasteiger partial charge in [0.05, 0.1) is 0 Å². The van der Waals surface area contributed by atoms with Gasteiger partial charge in [-0.2, -0.15) is 0 Å². The summed E-state index contributed by atoms with van der Waals surface area (Å²) in [6, 6.07) is 19.5. The van der Waals surface area contributed by atoms with E-state index in [0.29, 0.717) is 0 Å². The molecule has 0 aliphatic heterocycles. The van der Waals surface area contributed by atoms with Gasteiger partial charge in [0.25, 0.3) is 8.32 Å². The molecule has 0 fully saturated rings. The summed E-state index contributed by atoms with van der Waals surface area (Å²) in [4.78, 5) is 37.7. The fraction of sp³-hybridized carbons (Fsp3) is 0.394. The summed E-state index contributed by atoms with van der Waals surface area (Å²) in [6.07, 6.45) is 11.7. The van der Waals surface area contributed by atoms with Crippen molar-refractivity contribution in [3.8, 4) is 0 Å². The van der Waals surface area contributed by atoms with Crippen molar-refractivity contribution in [3.63, 3.8) is 0 Å². The van der Waals surface area contributed by atoms with Gasteiger partial charge in [-0.1, -0.05) is 136 Å². The average Bonchev–Trinajstić information content (AvgIpc) is 2.92. The van der Waals surface area contributed by atoms with Gasteiger partial charge in [0.1, 0.15) is 6.04 Å². The lowest BCUT2D eigenvalue weighted by Gasteiger charge is -2.43. The number of carbonyl (C=O) groups is 2. The van der Waals surface area contributed by atoms with Crippen LogP contribution in [0.25, 0.3) is 0 Å². The number of carbonyl (C=O) groups excluding carboxylic acids is 2. The van der Waals surface area contributed by atoms with Crippen LogP contribution < -0.4 is 21.0 Å². The fourth-order valence-electron chi connectivity index (χ4n) is 5.18. The Bertz CT molecular complexity index is 1130. The molecule has 2 atom stereocenters. The third kappa shape index (κ3) is 9.28. The first-order valence-electron chi connectivity index (χ1n) is 13.8. The second kappa shape index (κ2) is 15.5. The van der Waals surface area contributed by atoms with E-state index >= 15 is 0 Å². The molecule has 2 amide bonds. The summed E-state index contributed by atoms with van der Waals surface area (Å²) in [5.41, 5.74) is -0.449. The van der Waals surface area contributed by atoms with E-state index in [-0.39, 0.29) is 22.8 Å². The van der Waals surface area contributed by atoms with Gasteiger partial charge in [0.15, 0.2) is 0 Å². The minimum absolute atomic E-state index is 0.251. The lowest BCUT2D eigenvalue weighted by molar-refractivity contribution is -0.129. The maximum Gasteiger partial charge on any atom is 0.258 e. The molecule has 0 saturated heterocycles. The summed E-state index contributed by atoms with van der Waals surface area (Å²) >= 11 is 1.98. The first-order valence-corrected chi connectivity index (χ1v) is 17.0. The molecule has 3 N–H and O–H groups in total. The highest BCUT2D eigenvalue weighted by Crippen LogP contribution is 2.43. The lowest BCUT2D eigenvalue weighted by atomic mass is 9.86. The molecule has 5 nitrogen and oxygen atoms in total. The number of amides is 2. The second-order valence-electron chi connectivity index (χ2n) is 11.9. The highest BCUT2D eigenvalue weighted by Gasteiger charge is 2.50. The fourth-order valence-corrected chi connectivity index (χ4v) is 9.33. The smallest absolute Gasteiger partial charge is 0.258 e. The molecule has 0 aliphatic rings. The number of benzene rings is 2. The zero-order chi connectivity index (χ0) is 29.8. The minimum atomic E-state index is -3.12. The van der Waals surface area contributed by atoms with Crippen LogP contribution >= 0.6 is 22.6 Å². The largest absolute Gasteiger partial charge is 0.424 e. The van der Waals surface area contributed by atoms with Crippen molar-refractivity contribution in [1.82, 2.24) is 10.6 Å². The normalized spacial score (nSPS) is 14.5. The molecule has 2 rings (SSSR count). The Labute approximate surface area is 255 Å². The van der Waals surface area contributed by atoms with E-state index in [1.165, 1.54) is 6.08 Å². The van der Waals surface area contributed by atoms with E-state index in [2.05, 4.69) is 60.9 Å². The van der Waals surface area contributed by atoms with E-state index in [1.54, 1.807) is 10.3 Å². The molecule has 0 aliphatic carbocycles. The summed E-state index contributed by atoms with van der Waals surface area (Å²) < 4.78 is 1.62. The Hall–Kier alpha value is -2.49. The summed E-state index contributed by atoms with van der Waals surface area (Å²) in [7, 11) is -3.12. The van der Waals surface area contributed by atoms with Crippen LogP contribution in [0.3, 0.4) is 0 Å². The molecule has 7 heteroatoms. The molecule has 0 spiro atoms. The van der Waals surface area contributed by atoms with Crippen LogP contribution in [0.4, 0.5) is 0 Å². The molecular formula is C33H45IN2O3Si. The van der Waals surface area contributed by atoms with E-state index < -0.39 is 19.8 Å². The number of nitrogens with one attached hydrogen (secondary N) is 2. The van der Waals surface area contributed by atoms with Crippen molar-refractivity contribution < 1.29 is 14.4 Å². The van der Waals surface area contributed by atoms with Gasteiger partial charge in [-0.3, -0.25) is 9.59 Å². The van der Waals surface area contributed by atoms with Crippen LogP contribution in [0, 0.1) is 11.3 Å². The number of hydrogen-bond donors (Lipinski definition) is 3. The van der Waals surface area contributed by atoms with Crippen molar-refractivity contribution in [3.05, 3.63) is 95.3 Å². The van der Waals surface area contributed by atoms with Gasteiger partial charge in [-0.05, 0) is 63.2 Å². The molecule has 2 aromatic carbocycles. The molecule has 40 heavy (non-hydrogen) atoms. The number of rotatable bonds is 13. The number of allylic oxidation sites excluding steroid dienone is 3. The van der Waals surface area contributed by atoms with Crippen LogP contribution in [0.2, 0.25) is 5.04 Å². The van der Waals surface area contributed by atoms with Crippen LogP contribution in [0.1, 0.15) is 60.8 Å². The standard InChI is InChI=1S/C33H45IN2O3Si/c1-7-8-16-26(17-15-24-35-31(38)30(32(2,3)4)36-29(37)22-23-34)25-33(5,6)40(39,27-18-11-9-12-19-27)28-20-13-10-14-21-28/h7-15,18-24,26,30,39H,16-17,25H2,1-6H3,(H,35,38)(H,36,37)/b8-7-,23-22-,24-15-/t26-,30+/m0/s1. The van der Waals surface area contributed by atoms with Crippen molar-refractivity contribution in [1.29, 1.82) is 0 Å². The topological polar surface area (TPSA) is 78.4 Å². The zero-order valence-electron chi connectivity index (χ0n) is 24.7. The molecule has 2 aromatic rings. The van der Waals surface area contributed by atoms with E-state index in [9.17, 15) is 14.4 Å². The maximum atomic E-state index is 13.0. The third-order valence-corrected chi connectivity index (χ3v) is 12.2. The van der Waals surface area contributed by atoms with Gasteiger partial charge in [0, 0.05) is 6.08 Å². The van der Waals surface area contributed by atoms with Gasteiger partial charge >= 0.3 is 0 Å². The Kier molecular flexibility index (Phi) is 13.1. The SMILES string of the molecule is C/C=C\C[C@@H](C/C=C\NC(=O)[C@@H](NC(=O)/C=C\I)C(C)(C)C)CC(C)(C)[Si](O)(c1ccccc1)c1ccccc1. The second-order valence-corrected chi connectivity index (χ2v) is 16.6. The van der Waals surface area contributed by atoms with E-state index in [0.717, 1.165) is 29.6 Å². The van der Waals surface area contributed by atoms with Gasteiger partial charge in [-0.25, -0.2) is 0 Å². The Morgan fingerprint density at radius 2 is 1.45 bits per heavy atom. The summed E-state index contributed by atoms with van der Waals surface area (Å²) in [5, 5.41) is 7.32. The predicted molar refractivity (Wildman–Crippen MR) is 178 cm³/mol. The third-order valence-electron chi connectivity index (χ3n) is 7.31. The van der Waals surface area contributed by atoms with E-state index in [4.69, 9.17) is 0 Å². The molecule has 0 aromatic heterocycles. The van der Waals surface area contributed by atoms with Gasteiger partial charge < -0.3 is 15.4 Å². The quantitative estimate of drug-likeness (QED) is 0.106. The zero-order valence-corrected chi connectivity index (χ0v) is 27.8. The minimum Gasteiger partial charge on any atom is -0.424 e. The van der Waals surface area contributed by atoms with Crippen LogP contribution in [-0.2, 0) is 9.59 Å². The van der Waals surface area contributed by atoms with Crippen LogP contribution in [0.5, 0.6) is 0 Å².